The Morgan fingerprint density at radius 2 is 1.70 bits per heavy atom. The van der Waals surface area contributed by atoms with Gasteiger partial charge in [-0.2, -0.15) is 10.5 Å². The number of benzene rings is 2. The van der Waals surface area contributed by atoms with Crippen molar-refractivity contribution in [3.8, 4) is 34.6 Å². The SMILES string of the molecule is N#Cc1c(N)nc(SCc2ncoc2-c2ccc(Cl)cc2)c(C#N)c1-c1ccc(CC[C@@H](O)CO)cc1. The number of nitrogens with zero attached hydrogens (tertiary/aromatic N) is 4. The van der Waals surface area contributed by atoms with E-state index in [1.54, 1.807) is 12.1 Å². The summed E-state index contributed by atoms with van der Waals surface area (Å²) in [7, 11) is 0. The van der Waals surface area contributed by atoms with Crippen molar-refractivity contribution in [3.63, 3.8) is 0 Å². The number of rotatable bonds is 9. The molecule has 0 radical (unpaired) electrons. The summed E-state index contributed by atoms with van der Waals surface area (Å²) < 4.78 is 5.59. The van der Waals surface area contributed by atoms with Crippen molar-refractivity contribution >= 4 is 29.2 Å². The molecular weight excluding hydrogens is 510 g/mol. The molecule has 2 heterocycles. The highest BCUT2D eigenvalue weighted by Gasteiger charge is 2.22. The van der Waals surface area contributed by atoms with Crippen LogP contribution in [0.25, 0.3) is 22.5 Å². The first-order chi connectivity index (χ1) is 17.9. The van der Waals surface area contributed by atoms with Crippen LogP contribution in [0.5, 0.6) is 0 Å². The lowest BCUT2D eigenvalue weighted by Crippen LogP contribution is -2.12. The van der Waals surface area contributed by atoms with Gasteiger partial charge < -0.3 is 20.4 Å². The Hall–Kier alpha value is -3.86. The minimum Gasteiger partial charge on any atom is -0.443 e. The first kappa shape index (κ1) is 26.2. The zero-order chi connectivity index (χ0) is 26.4. The molecule has 0 saturated carbocycles. The highest BCUT2D eigenvalue weighted by atomic mass is 35.5. The smallest absolute Gasteiger partial charge is 0.181 e. The summed E-state index contributed by atoms with van der Waals surface area (Å²) in [5.41, 5.74) is 10.0. The van der Waals surface area contributed by atoms with Gasteiger partial charge >= 0.3 is 0 Å². The lowest BCUT2D eigenvalue weighted by molar-refractivity contribution is 0.0886. The number of anilines is 1. The fourth-order valence-corrected chi connectivity index (χ4v) is 4.86. The van der Waals surface area contributed by atoms with E-state index in [9.17, 15) is 15.6 Å². The predicted octanol–water partition coefficient (Wildman–Crippen LogP) is 4.96. The molecule has 0 bridgehead atoms. The number of aromatic nitrogens is 2. The second kappa shape index (κ2) is 11.9. The molecule has 0 aliphatic carbocycles. The Labute approximate surface area is 223 Å². The van der Waals surface area contributed by atoms with Gasteiger partial charge in [0.25, 0.3) is 0 Å². The number of aliphatic hydroxyl groups is 2. The highest BCUT2D eigenvalue weighted by molar-refractivity contribution is 7.98. The van der Waals surface area contributed by atoms with Gasteiger partial charge in [0.05, 0.1) is 24.0 Å². The summed E-state index contributed by atoms with van der Waals surface area (Å²) in [6.07, 6.45) is 1.58. The molecule has 4 N–H and O–H groups in total. The van der Waals surface area contributed by atoms with Crippen molar-refractivity contribution in [2.75, 3.05) is 12.3 Å². The summed E-state index contributed by atoms with van der Waals surface area (Å²) in [4.78, 5) is 8.68. The van der Waals surface area contributed by atoms with Gasteiger partial charge in [-0.3, -0.25) is 0 Å². The minimum atomic E-state index is -0.778. The zero-order valence-corrected chi connectivity index (χ0v) is 21.1. The average molecular weight is 532 g/mol. The maximum atomic E-state index is 10.1. The molecule has 10 heteroatoms. The van der Waals surface area contributed by atoms with Gasteiger partial charge in [-0.05, 0) is 48.2 Å². The van der Waals surface area contributed by atoms with Crippen LogP contribution in [-0.4, -0.2) is 32.9 Å². The van der Waals surface area contributed by atoms with E-state index in [-0.39, 0.29) is 23.6 Å². The number of nitrogen functional groups attached to an aromatic ring is 1. The highest BCUT2D eigenvalue weighted by Crippen LogP contribution is 2.37. The van der Waals surface area contributed by atoms with Crippen molar-refractivity contribution in [2.24, 2.45) is 0 Å². The van der Waals surface area contributed by atoms with Crippen LogP contribution in [-0.2, 0) is 12.2 Å². The van der Waals surface area contributed by atoms with Crippen molar-refractivity contribution in [3.05, 3.63) is 82.3 Å². The number of halogens is 1. The number of pyridine rings is 1. The fourth-order valence-electron chi connectivity index (χ4n) is 3.80. The molecule has 0 aliphatic heterocycles. The fraction of sp³-hybridized carbons (Fsp3) is 0.185. The molecule has 0 fully saturated rings. The van der Waals surface area contributed by atoms with Crippen LogP contribution < -0.4 is 5.73 Å². The molecule has 0 spiro atoms. The van der Waals surface area contributed by atoms with E-state index in [0.29, 0.717) is 51.2 Å². The van der Waals surface area contributed by atoms with E-state index < -0.39 is 6.10 Å². The largest absolute Gasteiger partial charge is 0.443 e. The van der Waals surface area contributed by atoms with Crippen LogP contribution in [0.2, 0.25) is 5.02 Å². The topological polar surface area (TPSA) is 153 Å². The number of aliphatic hydroxyl groups excluding tert-OH is 2. The lowest BCUT2D eigenvalue weighted by Gasteiger charge is -2.13. The maximum absolute atomic E-state index is 10.1. The van der Waals surface area contributed by atoms with E-state index in [0.717, 1.165) is 11.1 Å². The molecule has 186 valence electrons. The molecule has 0 saturated heterocycles. The minimum absolute atomic E-state index is 0.0345. The molecule has 0 amide bonds. The van der Waals surface area contributed by atoms with E-state index in [4.69, 9.17) is 26.9 Å². The number of hydrogen-bond donors (Lipinski definition) is 3. The van der Waals surface area contributed by atoms with Crippen molar-refractivity contribution in [1.29, 1.82) is 10.5 Å². The Morgan fingerprint density at radius 3 is 2.35 bits per heavy atom. The number of nitrogens with two attached hydrogens (primary N) is 1. The molecule has 4 aromatic rings. The predicted molar refractivity (Wildman–Crippen MR) is 141 cm³/mol. The van der Waals surface area contributed by atoms with Gasteiger partial charge in [-0.25, -0.2) is 9.97 Å². The number of oxazole rings is 1. The Bertz CT molecular complexity index is 1470. The van der Waals surface area contributed by atoms with Crippen LogP contribution in [0.15, 0.2) is 64.4 Å². The van der Waals surface area contributed by atoms with Crippen LogP contribution in [0.1, 0.15) is 28.8 Å². The lowest BCUT2D eigenvalue weighted by atomic mass is 9.95. The van der Waals surface area contributed by atoms with Gasteiger partial charge in [-0.1, -0.05) is 47.6 Å². The maximum Gasteiger partial charge on any atom is 0.181 e. The van der Waals surface area contributed by atoms with Gasteiger partial charge in [-0.15, -0.1) is 0 Å². The molecular formula is C27H22ClN5O3S. The average Bonchev–Trinajstić information content (AvgIpc) is 3.39. The van der Waals surface area contributed by atoms with Gasteiger partial charge in [0, 0.05) is 21.9 Å². The number of hydrogen-bond acceptors (Lipinski definition) is 9. The Kier molecular flexibility index (Phi) is 8.44. The Balaban J connectivity index is 1.65. The molecule has 4 rings (SSSR count). The molecule has 2 aromatic carbocycles. The molecule has 8 nitrogen and oxygen atoms in total. The zero-order valence-electron chi connectivity index (χ0n) is 19.6. The van der Waals surface area contributed by atoms with Gasteiger partial charge in [0.1, 0.15) is 28.5 Å². The van der Waals surface area contributed by atoms with E-state index in [1.165, 1.54) is 18.2 Å². The summed E-state index contributed by atoms with van der Waals surface area (Å²) in [6, 6.07) is 18.8. The first-order valence-corrected chi connectivity index (χ1v) is 12.6. The summed E-state index contributed by atoms with van der Waals surface area (Å²) in [6.45, 7) is -0.290. The van der Waals surface area contributed by atoms with Crippen molar-refractivity contribution in [2.45, 2.75) is 29.7 Å². The third-order valence-electron chi connectivity index (χ3n) is 5.73. The summed E-state index contributed by atoms with van der Waals surface area (Å²) >= 11 is 7.27. The van der Waals surface area contributed by atoms with Crippen molar-refractivity contribution in [1.82, 2.24) is 9.97 Å². The second-order valence-corrected chi connectivity index (χ2v) is 9.55. The quantitative estimate of drug-likeness (QED) is 0.254. The standard InChI is InChI=1S/C27H22ClN5O3S/c28-19-8-6-18(7-9-19)25-23(32-15-36-25)14-37-27-22(12-30)24(21(11-29)26(31)33-27)17-4-1-16(2-5-17)3-10-20(35)13-34/h1-2,4-9,15,20,34-35H,3,10,13-14H2,(H2,31,33)/t20-/m1/s1. The molecule has 0 aliphatic rings. The van der Waals surface area contributed by atoms with E-state index in [2.05, 4.69) is 22.1 Å². The van der Waals surface area contributed by atoms with Gasteiger partial charge in [0.15, 0.2) is 12.2 Å². The number of nitriles is 2. The van der Waals surface area contributed by atoms with Crippen LogP contribution in [0.3, 0.4) is 0 Å². The van der Waals surface area contributed by atoms with E-state index >= 15 is 0 Å². The van der Waals surface area contributed by atoms with Gasteiger partial charge in [0.2, 0.25) is 0 Å². The molecule has 37 heavy (non-hydrogen) atoms. The molecule has 0 unspecified atom stereocenters. The summed E-state index contributed by atoms with van der Waals surface area (Å²) in [5, 5.41) is 39.5. The number of thioether (sulfide) groups is 1. The van der Waals surface area contributed by atoms with Crippen molar-refractivity contribution < 1.29 is 14.6 Å². The summed E-state index contributed by atoms with van der Waals surface area (Å²) in [5.74, 6) is 0.978. The second-order valence-electron chi connectivity index (χ2n) is 8.15. The van der Waals surface area contributed by atoms with Crippen LogP contribution in [0, 0.1) is 22.7 Å². The van der Waals surface area contributed by atoms with Crippen LogP contribution in [0.4, 0.5) is 5.82 Å². The third-order valence-corrected chi connectivity index (χ3v) is 6.97. The number of aryl methyl sites for hydroxylation is 1. The van der Waals surface area contributed by atoms with E-state index in [1.807, 2.05) is 36.4 Å². The first-order valence-electron chi connectivity index (χ1n) is 11.3. The van der Waals surface area contributed by atoms with Crippen LogP contribution >= 0.6 is 23.4 Å². The molecule has 2 aromatic heterocycles. The Morgan fingerprint density at radius 1 is 1.03 bits per heavy atom. The molecule has 1 atom stereocenters. The normalized spacial score (nSPS) is 11.6. The third kappa shape index (κ3) is 5.93. The monoisotopic (exact) mass is 531 g/mol.